The molecule has 0 unspecified atom stereocenters. The molecule has 1 saturated heterocycles. The lowest BCUT2D eigenvalue weighted by Crippen LogP contribution is -2.48. The van der Waals surface area contributed by atoms with Crippen molar-refractivity contribution in [3.05, 3.63) is 80.9 Å². The predicted octanol–water partition coefficient (Wildman–Crippen LogP) is 4.97. The molecule has 0 radical (unpaired) electrons. The highest BCUT2D eigenvalue weighted by atomic mass is 35.5. The molecule has 168 valence electrons. The number of benzene rings is 2. The summed E-state index contributed by atoms with van der Waals surface area (Å²) in [5, 5.41) is 4.89. The van der Waals surface area contributed by atoms with Gasteiger partial charge in [-0.05, 0) is 36.8 Å². The third-order valence-corrected chi connectivity index (χ3v) is 6.13. The van der Waals surface area contributed by atoms with Crippen molar-refractivity contribution in [1.29, 1.82) is 0 Å². The molecule has 1 aliphatic rings. The van der Waals surface area contributed by atoms with Crippen LogP contribution in [0, 0.1) is 12.7 Å². The van der Waals surface area contributed by atoms with Gasteiger partial charge in [-0.15, -0.1) is 0 Å². The molecule has 9 heteroatoms. The minimum Gasteiger partial charge on any atom is -0.487 e. The first-order chi connectivity index (χ1) is 15.4. The van der Waals surface area contributed by atoms with E-state index in [1.165, 1.54) is 12.1 Å². The number of ether oxygens (including phenoxy) is 1. The van der Waals surface area contributed by atoms with E-state index in [1.807, 2.05) is 12.1 Å². The maximum atomic E-state index is 13.3. The van der Waals surface area contributed by atoms with Crippen molar-refractivity contribution in [1.82, 2.24) is 15.0 Å². The van der Waals surface area contributed by atoms with Gasteiger partial charge >= 0.3 is 0 Å². The molecule has 1 aliphatic heterocycles. The number of carbonyl (C=O) groups excluding carboxylic acids is 1. The Morgan fingerprint density at radius 3 is 2.59 bits per heavy atom. The molecule has 3 aromatic rings. The Balaban J connectivity index is 1.37. The van der Waals surface area contributed by atoms with E-state index in [4.69, 9.17) is 32.5 Å². The minimum absolute atomic E-state index is 0.128. The van der Waals surface area contributed by atoms with Crippen LogP contribution in [0.15, 0.2) is 47.0 Å². The highest BCUT2D eigenvalue weighted by molar-refractivity contribution is 6.32. The van der Waals surface area contributed by atoms with Gasteiger partial charge in [-0.3, -0.25) is 9.69 Å². The molecule has 0 N–H and O–H groups in total. The molecule has 2 heterocycles. The van der Waals surface area contributed by atoms with Gasteiger partial charge in [0.25, 0.3) is 5.91 Å². The van der Waals surface area contributed by atoms with Crippen LogP contribution in [0.2, 0.25) is 10.0 Å². The minimum atomic E-state index is -0.355. The van der Waals surface area contributed by atoms with Crippen molar-refractivity contribution in [2.24, 2.45) is 0 Å². The van der Waals surface area contributed by atoms with E-state index < -0.39 is 0 Å². The summed E-state index contributed by atoms with van der Waals surface area (Å²) in [5.74, 6) is 0.511. The fraction of sp³-hybridized carbons (Fsp3) is 0.304. The lowest BCUT2D eigenvalue weighted by Gasteiger charge is -2.34. The number of para-hydroxylation sites is 1. The molecule has 0 bridgehead atoms. The Hall–Kier alpha value is -2.61. The summed E-state index contributed by atoms with van der Waals surface area (Å²) < 4.78 is 24.3. The molecule has 1 aromatic heterocycles. The van der Waals surface area contributed by atoms with Gasteiger partial charge in [-0.25, -0.2) is 4.39 Å². The quantitative estimate of drug-likeness (QED) is 0.501. The average Bonchev–Trinajstić information content (AvgIpc) is 3.15. The van der Waals surface area contributed by atoms with E-state index in [2.05, 4.69) is 10.1 Å². The largest absolute Gasteiger partial charge is 0.487 e. The van der Waals surface area contributed by atoms with Crippen LogP contribution in [-0.4, -0.2) is 47.0 Å². The number of hydrogen-bond donors (Lipinski definition) is 0. The lowest BCUT2D eigenvalue weighted by atomic mass is 10.1. The van der Waals surface area contributed by atoms with Gasteiger partial charge in [-0.1, -0.05) is 46.6 Å². The third kappa shape index (κ3) is 5.06. The van der Waals surface area contributed by atoms with Crippen LogP contribution < -0.4 is 4.74 Å². The van der Waals surface area contributed by atoms with Gasteiger partial charge in [0, 0.05) is 37.7 Å². The van der Waals surface area contributed by atoms with E-state index in [-0.39, 0.29) is 24.0 Å². The molecule has 32 heavy (non-hydrogen) atoms. The molecular formula is C23H22Cl2FN3O3. The summed E-state index contributed by atoms with van der Waals surface area (Å²) in [6, 6.07) is 11.6. The number of aryl methyl sites for hydroxylation is 1. The number of aromatic nitrogens is 1. The smallest absolute Gasteiger partial charge is 0.276 e. The maximum absolute atomic E-state index is 13.3. The van der Waals surface area contributed by atoms with Crippen molar-refractivity contribution in [3.63, 3.8) is 0 Å². The van der Waals surface area contributed by atoms with Crippen LogP contribution >= 0.6 is 23.2 Å². The Morgan fingerprint density at radius 1 is 1.12 bits per heavy atom. The van der Waals surface area contributed by atoms with Gasteiger partial charge in [0.1, 0.15) is 23.9 Å². The second-order valence-electron chi connectivity index (χ2n) is 7.59. The Bertz CT molecular complexity index is 1110. The zero-order chi connectivity index (χ0) is 22.7. The fourth-order valence-corrected chi connectivity index (χ4v) is 4.01. The lowest BCUT2D eigenvalue weighted by molar-refractivity contribution is 0.0616. The zero-order valence-electron chi connectivity index (χ0n) is 17.5. The first-order valence-corrected chi connectivity index (χ1v) is 11.0. The Labute approximate surface area is 195 Å². The highest BCUT2D eigenvalue weighted by Crippen LogP contribution is 2.26. The van der Waals surface area contributed by atoms with Crippen molar-refractivity contribution < 1.29 is 18.4 Å². The summed E-state index contributed by atoms with van der Waals surface area (Å²) in [5.41, 5.74) is 1.72. The number of halogens is 3. The number of rotatable bonds is 6. The Morgan fingerprint density at radius 2 is 1.88 bits per heavy atom. The van der Waals surface area contributed by atoms with Gasteiger partial charge in [-0.2, -0.15) is 0 Å². The molecular weight excluding hydrogens is 456 g/mol. The number of hydrogen-bond acceptors (Lipinski definition) is 5. The summed E-state index contributed by atoms with van der Waals surface area (Å²) in [6.45, 7) is 4.88. The number of carbonyl (C=O) groups is 1. The van der Waals surface area contributed by atoms with Crippen LogP contribution in [0.4, 0.5) is 4.39 Å². The van der Waals surface area contributed by atoms with Crippen molar-refractivity contribution in [3.8, 4) is 5.75 Å². The van der Waals surface area contributed by atoms with Crippen molar-refractivity contribution in [2.45, 2.75) is 20.1 Å². The van der Waals surface area contributed by atoms with Crippen LogP contribution in [0.5, 0.6) is 5.75 Å². The molecule has 4 rings (SSSR count). The summed E-state index contributed by atoms with van der Waals surface area (Å²) in [7, 11) is 0. The number of amides is 1. The van der Waals surface area contributed by atoms with Crippen LogP contribution in [0.25, 0.3) is 0 Å². The topological polar surface area (TPSA) is 58.8 Å². The average molecular weight is 478 g/mol. The molecule has 2 aromatic carbocycles. The molecule has 0 spiro atoms. The van der Waals surface area contributed by atoms with E-state index in [1.54, 1.807) is 30.0 Å². The van der Waals surface area contributed by atoms with Crippen molar-refractivity contribution >= 4 is 29.1 Å². The van der Waals surface area contributed by atoms with Gasteiger partial charge < -0.3 is 14.2 Å². The molecule has 0 aliphatic carbocycles. The monoisotopic (exact) mass is 477 g/mol. The van der Waals surface area contributed by atoms with Crippen LogP contribution in [-0.2, 0) is 13.2 Å². The molecule has 0 saturated carbocycles. The maximum Gasteiger partial charge on any atom is 0.276 e. The highest BCUT2D eigenvalue weighted by Gasteiger charge is 2.28. The molecule has 6 nitrogen and oxygen atoms in total. The predicted molar refractivity (Wildman–Crippen MR) is 120 cm³/mol. The summed E-state index contributed by atoms with van der Waals surface area (Å²) >= 11 is 12.3. The second kappa shape index (κ2) is 9.90. The molecule has 0 atom stereocenters. The van der Waals surface area contributed by atoms with Crippen LogP contribution in [0.1, 0.15) is 27.4 Å². The molecule has 1 amide bonds. The first kappa shape index (κ1) is 22.6. The normalized spacial score (nSPS) is 14.6. The van der Waals surface area contributed by atoms with E-state index in [0.717, 1.165) is 5.56 Å². The van der Waals surface area contributed by atoms with E-state index in [9.17, 15) is 9.18 Å². The standard InChI is InChI=1S/C23H22Cl2FN3O3/c1-15-18(14-31-21-5-3-2-4-19(21)24)22(27-32-15)23(30)29-10-8-28(9-11-29)13-16-6-7-17(26)12-20(16)25/h2-7,12H,8-11,13-14H2,1H3. The third-order valence-electron chi connectivity index (χ3n) is 5.46. The van der Waals surface area contributed by atoms with E-state index in [0.29, 0.717) is 59.8 Å². The van der Waals surface area contributed by atoms with E-state index >= 15 is 0 Å². The zero-order valence-corrected chi connectivity index (χ0v) is 19.0. The van der Waals surface area contributed by atoms with Gasteiger partial charge in [0.2, 0.25) is 0 Å². The Kier molecular flexibility index (Phi) is 6.98. The van der Waals surface area contributed by atoms with Gasteiger partial charge in [0.15, 0.2) is 5.69 Å². The van der Waals surface area contributed by atoms with Crippen molar-refractivity contribution in [2.75, 3.05) is 26.2 Å². The first-order valence-electron chi connectivity index (χ1n) is 10.2. The molecule has 1 fully saturated rings. The van der Waals surface area contributed by atoms with Crippen LogP contribution in [0.3, 0.4) is 0 Å². The summed E-state index contributed by atoms with van der Waals surface area (Å²) in [4.78, 5) is 17.0. The second-order valence-corrected chi connectivity index (χ2v) is 8.40. The number of piperazine rings is 1. The SMILES string of the molecule is Cc1onc(C(=O)N2CCN(Cc3ccc(F)cc3Cl)CC2)c1COc1ccccc1Cl. The van der Waals surface area contributed by atoms with Gasteiger partial charge in [0.05, 0.1) is 10.6 Å². The fourth-order valence-electron chi connectivity index (χ4n) is 3.59. The number of nitrogens with zero attached hydrogens (tertiary/aromatic N) is 3. The summed E-state index contributed by atoms with van der Waals surface area (Å²) in [6.07, 6.45) is 0.